The lowest BCUT2D eigenvalue weighted by molar-refractivity contribution is -0.150. The molecule has 0 aromatic carbocycles. The van der Waals surface area contributed by atoms with Crippen molar-refractivity contribution in [2.24, 2.45) is 17.6 Å². The van der Waals surface area contributed by atoms with Gasteiger partial charge in [-0.2, -0.15) is 0 Å². The molecule has 2 rings (SSSR count). The van der Waals surface area contributed by atoms with E-state index in [4.69, 9.17) is 5.73 Å². The minimum Gasteiger partial charge on any atom is -0.370 e. The van der Waals surface area contributed by atoms with E-state index < -0.39 is 5.54 Å². The first-order valence-electron chi connectivity index (χ1n) is 9.54. The molecule has 0 aromatic heterocycles. The summed E-state index contributed by atoms with van der Waals surface area (Å²) in [6.07, 6.45) is 11.9. The maximum atomic E-state index is 12.8. The lowest BCUT2D eigenvalue weighted by Crippen LogP contribution is -2.64. The lowest BCUT2D eigenvalue weighted by atomic mass is 9.82. The number of primary amides is 1. The van der Waals surface area contributed by atoms with Crippen LogP contribution in [0, 0.1) is 11.8 Å². The van der Waals surface area contributed by atoms with Crippen molar-refractivity contribution in [1.29, 1.82) is 0 Å². The van der Waals surface area contributed by atoms with E-state index in [0.29, 0.717) is 18.9 Å². The summed E-state index contributed by atoms with van der Waals surface area (Å²) < 4.78 is 0. The van der Waals surface area contributed by atoms with Gasteiger partial charge in [0.2, 0.25) is 11.8 Å². The Bertz CT molecular complexity index is 633. The van der Waals surface area contributed by atoms with Gasteiger partial charge in [-0.05, 0) is 51.6 Å². The number of nitrogens with two attached hydrogens (primary N) is 1. The minimum atomic E-state index is -0.467. The molecule has 0 saturated carbocycles. The predicted octanol–water partition coefficient (Wildman–Crippen LogP) is 2.50. The highest BCUT2D eigenvalue weighted by atomic mass is 16.2. The van der Waals surface area contributed by atoms with Crippen molar-refractivity contribution in [2.75, 3.05) is 20.1 Å². The molecule has 2 amide bonds. The highest BCUT2D eigenvalue weighted by Crippen LogP contribution is 2.29. The molecular weight excluding hydrogens is 326 g/mol. The van der Waals surface area contributed by atoms with E-state index in [1.54, 1.807) is 0 Å². The van der Waals surface area contributed by atoms with Crippen LogP contribution in [0.25, 0.3) is 0 Å². The summed E-state index contributed by atoms with van der Waals surface area (Å²) in [6, 6.07) is 0.188. The van der Waals surface area contributed by atoms with Crippen molar-refractivity contribution in [2.45, 2.75) is 52.1 Å². The van der Waals surface area contributed by atoms with Gasteiger partial charge in [0.15, 0.2) is 0 Å². The Labute approximate surface area is 157 Å². The number of nitrogens with zero attached hydrogens (tertiary/aromatic N) is 2. The minimum absolute atomic E-state index is 0.158. The number of carbonyl (C=O) groups is 2. The van der Waals surface area contributed by atoms with Crippen LogP contribution in [0.1, 0.15) is 40.5 Å². The van der Waals surface area contributed by atoms with Crippen LogP contribution in [0.2, 0.25) is 0 Å². The Hall–Kier alpha value is -1.88. The quantitative estimate of drug-likeness (QED) is 0.792. The average molecular weight is 360 g/mol. The fourth-order valence-corrected chi connectivity index (χ4v) is 3.80. The smallest absolute Gasteiger partial charge is 0.243 e. The number of hydrogen-bond acceptors (Lipinski definition) is 3. The monoisotopic (exact) mass is 359 g/mol. The zero-order chi connectivity index (χ0) is 19.5. The standard InChI is InChI=1S/C21H33N3O2/c1-6-17-10-9-16(12-18(17)13-19(22)25)8-7-11-24-15(2)14-23(5)21(3,4)20(24)26/h7-10,12,15,17-18H,6,11,13-14H2,1-5H3,(H2,22,25)/b8-7+/t15-,17?,18?/m0/s1. The molecule has 2 unspecified atom stereocenters. The number of likely N-dealkylation sites (N-methyl/N-ethyl adjacent to an activating group) is 1. The Balaban J connectivity index is 2.05. The van der Waals surface area contributed by atoms with Crippen LogP contribution in [0.4, 0.5) is 0 Å². The van der Waals surface area contributed by atoms with Crippen molar-refractivity contribution in [3.05, 3.63) is 36.0 Å². The fraction of sp³-hybridized carbons (Fsp3) is 0.619. The molecule has 2 N–H and O–H groups in total. The van der Waals surface area contributed by atoms with Crippen molar-refractivity contribution < 1.29 is 9.59 Å². The first kappa shape index (κ1) is 20.4. The summed E-state index contributed by atoms with van der Waals surface area (Å²) in [6.45, 7) is 9.63. The zero-order valence-corrected chi connectivity index (χ0v) is 16.7. The molecule has 5 nitrogen and oxygen atoms in total. The lowest BCUT2D eigenvalue weighted by Gasteiger charge is -2.47. The van der Waals surface area contributed by atoms with Crippen LogP contribution in [0.15, 0.2) is 36.0 Å². The fourth-order valence-electron chi connectivity index (χ4n) is 3.80. The van der Waals surface area contributed by atoms with Crippen molar-refractivity contribution in [3.63, 3.8) is 0 Å². The van der Waals surface area contributed by atoms with Gasteiger partial charge in [-0.3, -0.25) is 14.5 Å². The van der Waals surface area contributed by atoms with Crippen molar-refractivity contribution >= 4 is 11.8 Å². The Kier molecular flexibility index (Phi) is 6.45. The molecule has 144 valence electrons. The second kappa shape index (κ2) is 8.21. The van der Waals surface area contributed by atoms with E-state index in [9.17, 15) is 9.59 Å². The second-order valence-electron chi connectivity index (χ2n) is 8.08. The van der Waals surface area contributed by atoms with Crippen LogP contribution >= 0.6 is 0 Å². The van der Waals surface area contributed by atoms with Gasteiger partial charge in [0, 0.05) is 25.6 Å². The third-order valence-electron chi connectivity index (χ3n) is 5.82. The second-order valence-corrected chi connectivity index (χ2v) is 8.08. The summed E-state index contributed by atoms with van der Waals surface area (Å²) in [4.78, 5) is 28.2. The first-order valence-corrected chi connectivity index (χ1v) is 9.54. The molecule has 2 aliphatic rings. The topological polar surface area (TPSA) is 66.6 Å². The number of amides is 2. The molecule has 5 heteroatoms. The first-order chi connectivity index (χ1) is 12.2. The molecule has 3 atom stereocenters. The van der Waals surface area contributed by atoms with Crippen LogP contribution in [-0.4, -0.2) is 53.3 Å². The zero-order valence-electron chi connectivity index (χ0n) is 16.7. The summed E-state index contributed by atoms with van der Waals surface area (Å²) in [5, 5.41) is 0. The maximum Gasteiger partial charge on any atom is 0.243 e. The summed E-state index contributed by atoms with van der Waals surface area (Å²) in [5.41, 5.74) is 6.00. The number of rotatable bonds is 6. The third kappa shape index (κ3) is 4.44. The Morgan fingerprint density at radius 3 is 2.69 bits per heavy atom. The molecule has 1 saturated heterocycles. The molecule has 0 spiro atoms. The van der Waals surface area contributed by atoms with E-state index in [2.05, 4.69) is 37.0 Å². The Morgan fingerprint density at radius 2 is 2.08 bits per heavy atom. The SMILES string of the molecule is CCC1C=CC(/C=C/CN2C(=O)C(C)(C)N(C)C[C@@H]2C)=CC1CC(N)=O. The largest absolute Gasteiger partial charge is 0.370 e. The van der Waals surface area contributed by atoms with Gasteiger partial charge >= 0.3 is 0 Å². The van der Waals surface area contributed by atoms with E-state index in [1.807, 2.05) is 37.9 Å². The van der Waals surface area contributed by atoms with Gasteiger partial charge < -0.3 is 10.6 Å². The number of carbonyl (C=O) groups excluding carboxylic acids is 2. The van der Waals surface area contributed by atoms with E-state index >= 15 is 0 Å². The van der Waals surface area contributed by atoms with Gasteiger partial charge in [-0.15, -0.1) is 0 Å². The summed E-state index contributed by atoms with van der Waals surface area (Å²) in [7, 11) is 2.00. The number of piperazine rings is 1. The van der Waals surface area contributed by atoms with Gasteiger partial charge in [-0.1, -0.05) is 37.3 Å². The normalized spacial score (nSPS) is 29.3. The molecule has 0 radical (unpaired) electrons. The van der Waals surface area contributed by atoms with Gasteiger partial charge in [0.05, 0.1) is 5.54 Å². The summed E-state index contributed by atoms with van der Waals surface area (Å²) >= 11 is 0. The average Bonchev–Trinajstić information content (AvgIpc) is 2.56. The molecular formula is C21H33N3O2. The van der Waals surface area contributed by atoms with E-state index in [-0.39, 0.29) is 23.8 Å². The molecule has 1 aliphatic heterocycles. The predicted molar refractivity (Wildman–Crippen MR) is 105 cm³/mol. The van der Waals surface area contributed by atoms with E-state index in [0.717, 1.165) is 18.5 Å². The molecule has 1 fully saturated rings. The third-order valence-corrected chi connectivity index (χ3v) is 5.82. The summed E-state index contributed by atoms with van der Waals surface area (Å²) in [5.74, 6) is 0.418. The van der Waals surface area contributed by atoms with Crippen LogP contribution < -0.4 is 5.73 Å². The maximum absolute atomic E-state index is 12.8. The molecule has 0 aromatic rings. The molecule has 1 aliphatic carbocycles. The van der Waals surface area contributed by atoms with Crippen LogP contribution in [0.3, 0.4) is 0 Å². The van der Waals surface area contributed by atoms with Gasteiger partial charge in [0.25, 0.3) is 0 Å². The molecule has 1 heterocycles. The highest BCUT2D eigenvalue weighted by molar-refractivity contribution is 5.86. The van der Waals surface area contributed by atoms with Crippen molar-refractivity contribution in [3.8, 4) is 0 Å². The van der Waals surface area contributed by atoms with Crippen LogP contribution in [-0.2, 0) is 9.59 Å². The van der Waals surface area contributed by atoms with Gasteiger partial charge in [0.1, 0.15) is 0 Å². The van der Waals surface area contributed by atoms with Crippen molar-refractivity contribution in [1.82, 2.24) is 9.80 Å². The number of hydrogen-bond donors (Lipinski definition) is 1. The van der Waals surface area contributed by atoms with Crippen LogP contribution in [0.5, 0.6) is 0 Å². The number of allylic oxidation sites excluding steroid dienone is 5. The molecule has 0 bridgehead atoms. The van der Waals surface area contributed by atoms with E-state index in [1.165, 1.54) is 0 Å². The van der Waals surface area contributed by atoms with Gasteiger partial charge in [-0.25, -0.2) is 0 Å². The highest BCUT2D eigenvalue weighted by Gasteiger charge is 2.42. The Morgan fingerprint density at radius 1 is 1.38 bits per heavy atom. The molecule has 26 heavy (non-hydrogen) atoms.